The van der Waals surface area contributed by atoms with Crippen LogP contribution in [0, 0.1) is 0 Å². The van der Waals surface area contributed by atoms with Crippen LogP contribution in [0.5, 0.6) is 5.75 Å². The van der Waals surface area contributed by atoms with Crippen LogP contribution in [0.4, 0.5) is 18.9 Å². The third-order valence-electron chi connectivity index (χ3n) is 6.03. The van der Waals surface area contributed by atoms with Crippen LogP contribution in [0.25, 0.3) is 0 Å². The first-order valence-corrected chi connectivity index (χ1v) is 13.0. The Bertz CT molecular complexity index is 1010. The van der Waals surface area contributed by atoms with Gasteiger partial charge in [0, 0.05) is 44.0 Å². The van der Waals surface area contributed by atoms with Crippen LogP contribution in [-0.2, 0) is 11.3 Å². The van der Waals surface area contributed by atoms with Gasteiger partial charge in [-0.05, 0) is 55.8 Å². The third kappa shape index (κ3) is 11.5. The van der Waals surface area contributed by atoms with Crippen LogP contribution in [-0.4, -0.2) is 72.3 Å². The molecule has 0 unspecified atom stereocenters. The van der Waals surface area contributed by atoms with Gasteiger partial charge in [-0.25, -0.2) is 4.79 Å². The maximum atomic E-state index is 12.7. The zero-order valence-corrected chi connectivity index (χ0v) is 22.1. The van der Waals surface area contributed by atoms with E-state index in [9.17, 15) is 18.0 Å². The number of carbonyl (C=O) groups excluding carboxylic acids is 1. The number of alkyl halides is 3. The molecule has 0 aliphatic carbocycles. The number of nitrogens with one attached hydrogen (secondary N) is 1. The van der Waals surface area contributed by atoms with Crippen LogP contribution in [0.1, 0.15) is 55.5 Å². The number of amides is 1. The highest BCUT2D eigenvalue weighted by atomic mass is 19.4. The molecule has 0 spiro atoms. The predicted octanol–water partition coefficient (Wildman–Crippen LogP) is 5.67. The van der Waals surface area contributed by atoms with E-state index in [1.54, 1.807) is 6.07 Å². The summed E-state index contributed by atoms with van der Waals surface area (Å²) in [6, 6.07) is 15.5. The molecule has 1 aliphatic rings. The molecule has 210 valence electrons. The SMILES string of the molecule is CCCCCCN1CCN(Cc2cccc(NC(=O)c3cccc(OCC)c3)c2)CC1.O=C(O)C(F)(F)F. The quantitative estimate of drug-likeness (QED) is 0.360. The fourth-order valence-electron chi connectivity index (χ4n) is 4.04. The topological polar surface area (TPSA) is 82.1 Å². The van der Waals surface area contributed by atoms with Crippen molar-refractivity contribution in [3.63, 3.8) is 0 Å². The first-order chi connectivity index (χ1) is 18.1. The minimum atomic E-state index is -5.08. The number of anilines is 1. The fourth-order valence-corrected chi connectivity index (χ4v) is 4.04. The number of hydrogen-bond donors (Lipinski definition) is 2. The van der Waals surface area contributed by atoms with Gasteiger partial charge in [0.15, 0.2) is 0 Å². The third-order valence-corrected chi connectivity index (χ3v) is 6.03. The van der Waals surface area contributed by atoms with Gasteiger partial charge in [-0.3, -0.25) is 9.69 Å². The number of nitrogens with zero attached hydrogens (tertiary/aromatic N) is 2. The molecule has 1 amide bonds. The minimum absolute atomic E-state index is 0.115. The lowest BCUT2D eigenvalue weighted by atomic mass is 10.1. The van der Waals surface area contributed by atoms with Gasteiger partial charge < -0.3 is 20.1 Å². The van der Waals surface area contributed by atoms with Gasteiger partial charge in [0.05, 0.1) is 6.61 Å². The van der Waals surface area contributed by atoms with Crippen molar-refractivity contribution in [3.8, 4) is 5.75 Å². The van der Waals surface area contributed by atoms with Gasteiger partial charge >= 0.3 is 12.1 Å². The minimum Gasteiger partial charge on any atom is -0.494 e. The number of hydrogen-bond acceptors (Lipinski definition) is 5. The molecule has 10 heteroatoms. The molecular formula is C28H38F3N3O4. The van der Waals surface area contributed by atoms with Crippen LogP contribution in [0.2, 0.25) is 0 Å². The molecule has 2 N–H and O–H groups in total. The molecule has 7 nitrogen and oxygen atoms in total. The number of piperazine rings is 1. The predicted molar refractivity (Wildman–Crippen MR) is 142 cm³/mol. The summed E-state index contributed by atoms with van der Waals surface area (Å²) in [5.74, 6) is -2.16. The smallest absolute Gasteiger partial charge is 0.490 e. The summed E-state index contributed by atoms with van der Waals surface area (Å²) in [6.45, 7) is 11.5. The molecule has 1 saturated heterocycles. The number of ether oxygens (including phenoxy) is 1. The summed E-state index contributed by atoms with van der Waals surface area (Å²) in [4.78, 5) is 26.7. The van der Waals surface area contributed by atoms with E-state index in [0.29, 0.717) is 17.9 Å². The Labute approximate surface area is 222 Å². The van der Waals surface area contributed by atoms with Crippen LogP contribution >= 0.6 is 0 Å². The second kappa shape index (κ2) is 16.0. The van der Waals surface area contributed by atoms with Crippen molar-refractivity contribution in [3.05, 3.63) is 59.7 Å². The number of carboxylic acid groups (broad SMARTS) is 1. The van der Waals surface area contributed by atoms with Crippen molar-refractivity contribution in [1.82, 2.24) is 9.80 Å². The van der Waals surface area contributed by atoms with E-state index in [4.69, 9.17) is 14.6 Å². The average molecular weight is 538 g/mol. The highest BCUT2D eigenvalue weighted by molar-refractivity contribution is 6.04. The summed E-state index contributed by atoms with van der Waals surface area (Å²) in [5.41, 5.74) is 2.67. The number of carboxylic acids is 1. The zero-order chi connectivity index (χ0) is 28.0. The summed E-state index contributed by atoms with van der Waals surface area (Å²) < 4.78 is 37.2. The first kappa shape index (κ1) is 31.1. The van der Waals surface area contributed by atoms with Gasteiger partial charge in [0.2, 0.25) is 0 Å². The molecule has 0 aromatic heterocycles. The van der Waals surface area contributed by atoms with E-state index >= 15 is 0 Å². The van der Waals surface area contributed by atoms with E-state index in [1.165, 1.54) is 37.8 Å². The second-order valence-electron chi connectivity index (χ2n) is 9.10. The monoisotopic (exact) mass is 537 g/mol. The molecular weight excluding hydrogens is 499 g/mol. The Morgan fingerprint density at radius 1 is 0.947 bits per heavy atom. The normalized spacial score (nSPS) is 14.3. The Hall–Kier alpha value is -3.11. The Balaban J connectivity index is 0.000000638. The van der Waals surface area contributed by atoms with Crippen molar-refractivity contribution in [2.24, 2.45) is 0 Å². The largest absolute Gasteiger partial charge is 0.494 e. The molecule has 3 rings (SSSR count). The lowest BCUT2D eigenvalue weighted by Gasteiger charge is -2.34. The maximum absolute atomic E-state index is 12.7. The molecule has 0 radical (unpaired) electrons. The molecule has 2 aromatic carbocycles. The summed E-state index contributed by atoms with van der Waals surface area (Å²) in [7, 11) is 0. The maximum Gasteiger partial charge on any atom is 0.490 e. The van der Waals surface area contributed by atoms with Gasteiger partial charge in [-0.1, -0.05) is 44.4 Å². The lowest BCUT2D eigenvalue weighted by Crippen LogP contribution is -2.46. The van der Waals surface area contributed by atoms with Gasteiger partial charge in [0.25, 0.3) is 5.91 Å². The van der Waals surface area contributed by atoms with Crippen molar-refractivity contribution < 1.29 is 32.6 Å². The van der Waals surface area contributed by atoms with Gasteiger partial charge in [-0.2, -0.15) is 13.2 Å². The summed E-state index contributed by atoms with van der Waals surface area (Å²) >= 11 is 0. The molecule has 1 aliphatic heterocycles. The number of carbonyl (C=O) groups is 2. The fraction of sp³-hybridized carbons (Fsp3) is 0.500. The zero-order valence-electron chi connectivity index (χ0n) is 22.1. The Kier molecular flexibility index (Phi) is 13.1. The molecule has 0 saturated carbocycles. The number of unbranched alkanes of at least 4 members (excludes halogenated alkanes) is 3. The molecule has 38 heavy (non-hydrogen) atoms. The molecule has 1 heterocycles. The van der Waals surface area contributed by atoms with Crippen LogP contribution < -0.4 is 10.1 Å². The Morgan fingerprint density at radius 3 is 2.24 bits per heavy atom. The Morgan fingerprint density at radius 2 is 1.61 bits per heavy atom. The van der Waals surface area contributed by atoms with E-state index in [-0.39, 0.29) is 5.91 Å². The first-order valence-electron chi connectivity index (χ1n) is 13.0. The van der Waals surface area contributed by atoms with E-state index in [2.05, 4.69) is 34.2 Å². The number of rotatable bonds is 11. The van der Waals surface area contributed by atoms with E-state index in [0.717, 1.165) is 38.4 Å². The standard InChI is InChI=1S/C26H37N3O2.C2HF3O2/c1-3-5-6-7-14-28-15-17-29(18-16-28)21-22-10-8-12-24(19-22)27-26(30)23-11-9-13-25(20-23)31-4-2;3-2(4,5)1(6)7/h8-13,19-20H,3-7,14-18,21H2,1-2H3,(H,27,30);(H,6,7). The number of aliphatic carboxylic acids is 1. The van der Waals surface area contributed by atoms with Crippen molar-refractivity contribution >= 4 is 17.6 Å². The van der Waals surface area contributed by atoms with Gasteiger partial charge in [-0.15, -0.1) is 0 Å². The lowest BCUT2D eigenvalue weighted by molar-refractivity contribution is -0.192. The average Bonchev–Trinajstić information content (AvgIpc) is 2.88. The molecule has 1 fully saturated rings. The van der Waals surface area contributed by atoms with Crippen LogP contribution in [0.15, 0.2) is 48.5 Å². The highest BCUT2D eigenvalue weighted by Gasteiger charge is 2.38. The van der Waals surface area contributed by atoms with Crippen LogP contribution in [0.3, 0.4) is 0 Å². The van der Waals surface area contributed by atoms with E-state index in [1.807, 2.05) is 37.3 Å². The van der Waals surface area contributed by atoms with E-state index < -0.39 is 12.1 Å². The van der Waals surface area contributed by atoms with Crippen molar-refractivity contribution in [2.75, 3.05) is 44.6 Å². The number of halogens is 3. The highest BCUT2D eigenvalue weighted by Crippen LogP contribution is 2.18. The summed E-state index contributed by atoms with van der Waals surface area (Å²) in [6.07, 6.45) is 0.242. The molecule has 0 bridgehead atoms. The molecule has 2 aromatic rings. The number of benzene rings is 2. The molecule has 0 atom stereocenters. The van der Waals surface area contributed by atoms with Crippen molar-refractivity contribution in [1.29, 1.82) is 0 Å². The van der Waals surface area contributed by atoms with Crippen molar-refractivity contribution in [2.45, 2.75) is 52.3 Å². The summed E-state index contributed by atoms with van der Waals surface area (Å²) in [5, 5.41) is 10.1. The second-order valence-corrected chi connectivity index (χ2v) is 9.10. The van der Waals surface area contributed by atoms with Gasteiger partial charge in [0.1, 0.15) is 5.75 Å².